The number of hydrogen-bond donors (Lipinski definition) is 1. The first-order chi connectivity index (χ1) is 7.76. The molecular formula is C10H14N4OS. The molecule has 0 fully saturated rings. The van der Waals surface area contributed by atoms with Crippen LogP contribution in [-0.2, 0) is 6.54 Å². The Balaban J connectivity index is 2.38. The molecule has 2 heterocycles. The largest absolute Gasteiger partial charge is 0.350 e. The molecule has 1 atom stereocenters. The molecule has 2 aromatic rings. The van der Waals surface area contributed by atoms with Crippen LogP contribution in [0.15, 0.2) is 23.4 Å². The van der Waals surface area contributed by atoms with E-state index in [2.05, 4.69) is 29.6 Å². The maximum absolute atomic E-state index is 11.9. The van der Waals surface area contributed by atoms with Crippen molar-refractivity contribution < 1.29 is 0 Å². The van der Waals surface area contributed by atoms with Gasteiger partial charge in [-0.1, -0.05) is 13.3 Å². The fourth-order valence-electron chi connectivity index (χ4n) is 1.56. The summed E-state index contributed by atoms with van der Waals surface area (Å²) in [4.78, 5) is 15.8. The van der Waals surface area contributed by atoms with Crippen molar-refractivity contribution in [3.63, 3.8) is 0 Å². The minimum Gasteiger partial charge on any atom is -0.259 e. The predicted molar refractivity (Wildman–Crippen MR) is 64.9 cm³/mol. The van der Waals surface area contributed by atoms with Crippen LogP contribution < -0.4 is 5.69 Å². The Morgan fingerprint density at radius 1 is 1.56 bits per heavy atom. The SMILES string of the molecule is CCC(CS)Cn1nc2cnccn2c1=O. The van der Waals surface area contributed by atoms with Gasteiger partial charge < -0.3 is 0 Å². The average molecular weight is 238 g/mol. The van der Waals surface area contributed by atoms with Gasteiger partial charge in [0.25, 0.3) is 0 Å². The highest BCUT2D eigenvalue weighted by Crippen LogP contribution is 2.06. The second-order valence-corrected chi connectivity index (χ2v) is 4.09. The van der Waals surface area contributed by atoms with Crippen LogP contribution in [0.4, 0.5) is 0 Å². The first-order valence-electron chi connectivity index (χ1n) is 5.26. The van der Waals surface area contributed by atoms with E-state index in [0.717, 1.165) is 12.2 Å². The molecule has 0 aromatic carbocycles. The van der Waals surface area contributed by atoms with Crippen molar-refractivity contribution in [2.45, 2.75) is 19.9 Å². The second kappa shape index (κ2) is 4.69. The lowest BCUT2D eigenvalue weighted by Gasteiger charge is -2.09. The molecule has 16 heavy (non-hydrogen) atoms. The Morgan fingerprint density at radius 3 is 3.00 bits per heavy atom. The van der Waals surface area contributed by atoms with E-state index in [0.29, 0.717) is 18.1 Å². The van der Waals surface area contributed by atoms with Crippen LogP contribution in [0.5, 0.6) is 0 Å². The Kier molecular flexibility index (Phi) is 3.28. The average Bonchev–Trinajstić information content (AvgIpc) is 2.64. The molecule has 0 spiro atoms. The molecule has 0 aliphatic carbocycles. The molecule has 0 aliphatic rings. The van der Waals surface area contributed by atoms with Gasteiger partial charge in [0.15, 0.2) is 5.65 Å². The summed E-state index contributed by atoms with van der Waals surface area (Å²) in [5.74, 6) is 1.13. The molecule has 2 rings (SSSR count). The first kappa shape index (κ1) is 11.2. The summed E-state index contributed by atoms with van der Waals surface area (Å²) in [5, 5.41) is 4.22. The van der Waals surface area contributed by atoms with Gasteiger partial charge in [-0.25, -0.2) is 13.9 Å². The highest BCUT2D eigenvalue weighted by atomic mass is 32.1. The minimum absolute atomic E-state index is 0.113. The maximum atomic E-state index is 11.9. The summed E-state index contributed by atoms with van der Waals surface area (Å²) in [5.41, 5.74) is 0.471. The zero-order chi connectivity index (χ0) is 11.5. The van der Waals surface area contributed by atoms with Gasteiger partial charge in [-0.3, -0.25) is 4.98 Å². The highest BCUT2D eigenvalue weighted by Gasteiger charge is 2.10. The molecule has 0 radical (unpaired) electrons. The second-order valence-electron chi connectivity index (χ2n) is 3.73. The molecule has 0 bridgehead atoms. The monoisotopic (exact) mass is 238 g/mol. The third-order valence-electron chi connectivity index (χ3n) is 2.66. The smallest absolute Gasteiger partial charge is 0.259 e. The first-order valence-corrected chi connectivity index (χ1v) is 5.89. The molecule has 0 aliphatic heterocycles. The van der Waals surface area contributed by atoms with E-state index in [1.54, 1.807) is 18.6 Å². The van der Waals surface area contributed by atoms with Gasteiger partial charge in [0, 0.05) is 12.4 Å². The summed E-state index contributed by atoms with van der Waals surface area (Å²) in [7, 11) is 0. The minimum atomic E-state index is -0.113. The van der Waals surface area contributed by atoms with Gasteiger partial charge in [0.1, 0.15) is 0 Å². The van der Waals surface area contributed by atoms with Gasteiger partial charge in [0.2, 0.25) is 0 Å². The Labute approximate surface area is 98.5 Å². The van der Waals surface area contributed by atoms with Crippen molar-refractivity contribution in [2.75, 3.05) is 5.75 Å². The van der Waals surface area contributed by atoms with E-state index in [1.807, 2.05) is 0 Å². The zero-order valence-electron chi connectivity index (χ0n) is 9.08. The number of nitrogens with zero attached hydrogens (tertiary/aromatic N) is 4. The summed E-state index contributed by atoms with van der Waals surface area (Å²) >= 11 is 4.26. The molecule has 2 aromatic heterocycles. The quantitative estimate of drug-likeness (QED) is 0.803. The van der Waals surface area contributed by atoms with Crippen LogP contribution in [0.2, 0.25) is 0 Å². The van der Waals surface area contributed by atoms with Gasteiger partial charge in [-0.15, -0.1) is 5.10 Å². The highest BCUT2D eigenvalue weighted by molar-refractivity contribution is 7.80. The van der Waals surface area contributed by atoms with Crippen LogP contribution in [0.3, 0.4) is 0 Å². The molecule has 0 amide bonds. The lowest BCUT2D eigenvalue weighted by atomic mass is 10.1. The molecule has 86 valence electrons. The van der Waals surface area contributed by atoms with Crippen molar-refractivity contribution in [3.05, 3.63) is 29.1 Å². The number of hydrogen-bond acceptors (Lipinski definition) is 4. The van der Waals surface area contributed by atoms with Crippen molar-refractivity contribution in [3.8, 4) is 0 Å². The van der Waals surface area contributed by atoms with Crippen molar-refractivity contribution in [1.29, 1.82) is 0 Å². The number of fused-ring (bicyclic) bond motifs is 1. The number of rotatable bonds is 4. The maximum Gasteiger partial charge on any atom is 0.350 e. The predicted octanol–water partition coefficient (Wildman–Crippen LogP) is 0.847. The van der Waals surface area contributed by atoms with E-state index < -0.39 is 0 Å². The van der Waals surface area contributed by atoms with Crippen LogP contribution in [-0.4, -0.2) is 24.9 Å². The fourth-order valence-corrected chi connectivity index (χ4v) is 1.93. The summed E-state index contributed by atoms with van der Waals surface area (Å²) in [6, 6.07) is 0. The Morgan fingerprint density at radius 2 is 2.38 bits per heavy atom. The van der Waals surface area contributed by atoms with E-state index in [-0.39, 0.29) is 5.69 Å². The summed E-state index contributed by atoms with van der Waals surface area (Å²) in [6.07, 6.45) is 5.78. The molecule has 5 nitrogen and oxygen atoms in total. The molecule has 6 heteroatoms. The lowest BCUT2D eigenvalue weighted by Crippen LogP contribution is -2.25. The van der Waals surface area contributed by atoms with Crippen LogP contribution in [0.25, 0.3) is 5.65 Å². The lowest BCUT2D eigenvalue weighted by molar-refractivity contribution is 0.437. The van der Waals surface area contributed by atoms with Gasteiger partial charge in [-0.2, -0.15) is 12.6 Å². The van der Waals surface area contributed by atoms with E-state index in [4.69, 9.17) is 0 Å². The number of aromatic nitrogens is 4. The van der Waals surface area contributed by atoms with Crippen LogP contribution in [0, 0.1) is 5.92 Å². The van der Waals surface area contributed by atoms with E-state index >= 15 is 0 Å². The van der Waals surface area contributed by atoms with Crippen molar-refractivity contribution in [2.24, 2.45) is 5.92 Å². The molecule has 0 N–H and O–H groups in total. The van der Waals surface area contributed by atoms with Crippen LogP contribution >= 0.6 is 12.6 Å². The zero-order valence-corrected chi connectivity index (χ0v) is 9.97. The molecule has 0 saturated heterocycles. The standard InChI is InChI=1S/C10H14N4OS/c1-2-8(7-16)6-14-10(15)13-4-3-11-5-9(13)12-14/h3-5,8,16H,2,6-7H2,1H3. The molecular weight excluding hydrogens is 224 g/mol. The fraction of sp³-hybridized carbons (Fsp3) is 0.500. The summed E-state index contributed by atoms with van der Waals surface area (Å²) < 4.78 is 2.99. The number of thiol groups is 1. The Hall–Kier alpha value is -1.30. The van der Waals surface area contributed by atoms with Gasteiger partial charge in [0.05, 0.1) is 12.7 Å². The Bertz CT molecular complexity index is 529. The normalized spacial score (nSPS) is 13.1. The topological polar surface area (TPSA) is 52.2 Å². The molecule has 0 saturated carbocycles. The third-order valence-corrected chi connectivity index (χ3v) is 3.17. The van der Waals surface area contributed by atoms with Crippen molar-refractivity contribution >= 4 is 18.3 Å². The van der Waals surface area contributed by atoms with E-state index in [1.165, 1.54) is 9.08 Å². The van der Waals surface area contributed by atoms with E-state index in [9.17, 15) is 4.79 Å². The van der Waals surface area contributed by atoms with Gasteiger partial charge in [-0.05, 0) is 11.7 Å². The molecule has 1 unspecified atom stereocenters. The third kappa shape index (κ3) is 1.97. The van der Waals surface area contributed by atoms with Gasteiger partial charge >= 0.3 is 5.69 Å². The van der Waals surface area contributed by atoms with Crippen molar-refractivity contribution in [1.82, 2.24) is 19.2 Å². The summed E-state index contributed by atoms with van der Waals surface area (Å²) in [6.45, 7) is 2.70. The van der Waals surface area contributed by atoms with Crippen LogP contribution in [0.1, 0.15) is 13.3 Å².